The van der Waals surface area contributed by atoms with Gasteiger partial charge in [-0.05, 0) is 55.3 Å². The Bertz CT molecular complexity index is 288. The average molecular weight is 206 g/mol. The maximum absolute atomic E-state index is 5.94. The summed E-state index contributed by atoms with van der Waals surface area (Å²) < 4.78 is 5.94. The summed E-state index contributed by atoms with van der Waals surface area (Å²) in [5.41, 5.74) is 1.26. The van der Waals surface area contributed by atoms with E-state index in [2.05, 4.69) is 20.4 Å². The van der Waals surface area contributed by atoms with Gasteiger partial charge in [-0.25, -0.2) is 0 Å². The van der Waals surface area contributed by atoms with Crippen LogP contribution in [-0.2, 0) is 4.74 Å². The lowest BCUT2D eigenvalue weighted by Crippen LogP contribution is -2.58. The largest absolute Gasteiger partial charge is 0.495 e. The summed E-state index contributed by atoms with van der Waals surface area (Å²) in [4.78, 5) is 0. The summed E-state index contributed by atoms with van der Waals surface area (Å²) in [6, 6.07) is 0. The van der Waals surface area contributed by atoms with Crippen LogP contribution in [0.5, 0.6) is 0 Å². The predicted molar refractivity (Wildman–Crippen MR) is 61.4 cm³/mol. The van der Waals surface area contributed by atoms with Crippen molar-refractivity contribution in [1.82, 2.24) is 0 Å². The van der Waals surface area contributed by atoms with Crippen molar-refractivity contribution in [3.8, 4) is 0 Å². The molecule has 0 aromatic carbocycles. The van der Waals surface area contributed by atoms with E-state index in [1.165, 1.54) is 38.5 Å². The Morgan fingerprint density at radius 2 is 1.67 bits per heavy atom. The van der Waals surface area contributed by atoms with Crippen LogP contribution < -0.4 is 0 Å². The van der Waals surface area contributed by atoms with Crippen molar-refractivity contribution in [1.29, 1.82) is 0 Å². The van der Waals surface area contributed by atoms with Crippen LogP contribution >= 0.6 is 0 Å². The van der Waals surface area contributed by atoms with Crippen LogP contribution in [0.1, 0.15) is 52.4 Å². The molecule has 4 bridgehead atoms. The van der Waals surface area contributed by atoms with Gasteiger partial charge < -0.3 is 4.74 Å². The Kier molecular flexibility index (Phi) is 1.70. The summed E-state index contributed by atoms with van der Waals surface area (Å²) in [6.07, 6.45) is 9.77. The van der Waals surface area contributed by atoms with Crippen LogP contribution in [0.25, 0.3) is 0 Å². The molecule has 0 spiro atoms. The van der Waals surface area contributed by atoms with Crippen molar-refractivity contribution in [2.75, 3.05) is 0 Å². The van der Waals surface area contributed by atoms with Gasteiger partial charge in [-0.3, -0.25) is 0 Å². The van der Waals surface area contributed by atoms with E-state index in [0.717, 1.165) is 5.92 Å². The number of rotatable bonds is 2. The first-order valence-corrected chi connectivity index (χ1v) is 6.25. The lowest BCUT2D eigenvalue weighted by molar-refractivity contribution is -0.192. The molecule has 1 heteroatoms. The molecule has 2 atom stereocenters. The van der Waals surface area contributed by atoms with Crippen LogP contribution in [0.4, 0.5) is 0 Å². The predicted octanol–water partition coefficient (Wildman–Crippen LogP) is 3.90. The quantitative estimate of drug-likeness (QED) is 0.623. The molecule has 0 radical (unpaired) electrons. The molecule has 15 heavy (non-hydrogen) atoms. The Morgan fingerprint density at radius 3 is 2.13 bits per heavy atom. The minimum atomic E-state index is 0.157. The molecule has 0 N–H and O–H groups in total. The van der Waals surface area contributed by atoms with Crippen molar-refractivity contribution in [2.24, 2.45) is 16.7 Å². The fraction of sp³-hybridized carbons (Fsp3) is 0.857. The highest BCUT2D eigenvalue weighted by Crippen LogP contribution is 2.67. The van der Waals surface area contributed by atoms with Gasteiger partial charge in [0.25, 0.3) is 0 Å². The van der Waals surface area contributed by atoms with Crippen molar-refractivity contribution >= 4 is 0 Å². The molecule has 0 aliphatic heterocycles. The molecular formula is C14H22O. The lowest BCUT2D eigenvalue weighted by atomic mass is 9.43. The molecule has 4 saturated carbocycles. The van der Waals surface area contributed by atoms with Gasteiger partial charge in [0.05, 0.1) is 6.26 Å². The van der Waals surface area contributed by atoms with E-state index < -0.39 is 0 Å². The molecule has 4 fully saturated rings. The highest BCUT2D eigenvalue weighted by atomic mass is 16.5. The number of ether oxygens (including phenoxy) is 1. The zero-order valence-electron chi connectivity index (χ0n) is 10.0. The zero-order chi connectivity index (χ0) is 10.7. The first kappa shape index (κ1) is 9.74. The summed E-state index contributed by atoms with van der Waals surface area (Å²) in [5.74, 6) is 0.913. The van der Waals surface area contributed by atoms with E-state index in [-0.39, 0.29) is 5.60 Å². The average Bonchev–Trinajstić information content (AvgIpc) is 1.94. The van der Waals surface area contributed by atoms with Crippen molar-refractivity contribution in [2.45, 2.75) is 58.0 Å². The summed E-state index contributed by atoms with van der Waals surface area (Å²) >= 11 is 0. The van der Waals surface area contributed by atoms with E-state index in [1.807, 2.05) is 0 Å². The number of hydrogen-bond acceptors (Lipinski definition) is 1. The molecule has 4 aliphatic carbocycles. The molecular weight excluding hydrogens is 184 g/mol. The van der Waals surface area contributed by atoms with Crippen LogP contribution in [0.2, 0.25) is 0 Å². The molecule has 0 amide bonds. The summed E-state index contributed by atoms with van der Waals surface area (Å²) in [5, 5.41) is 0. The Hall–Kier alpha value is -0.460. The van der Waals surface area contributed by atoms with E-state index in [4.69, 9.17) is 4.74 Å². The van der Waals surface area contributed by atoms with Crippen LogP contribution in [0.3, 0.4) is 0 Å². The van der Waals surface area contributed by atoms with Crippen molar-refractivity contribution in [3.63, 3.8) is 0 Å². The molecule has 2 unspecified atom stereocenters. The molecule has 0 saturated heterocycles. The van der Waals surface area contributed by atoms with E-state index >= 15 is 0 Å². The first-order chi connectivity index (χ1) is 6.97. The van der Waals surface area contributed by atoms with Crippen molar-refractivity contribution in [3.05, 3.63) is 12.8 Å². The lowest BCUT2D eigenvalue weighted by Gasteiger charge is -2.64. The minimum Gasteiger partial charge on any atom is -0.495 e. The van der Waals surface area contributed by atoms with Crippen LogP contribution in [-0.4, -0.2) is 5.60 Å². The highest BCUT2D eigenvalue weighted by Gasteiger charge is 2.61. The van der Waals surface area contributed by atoms with Gasteiger partial charge in [0.2, 0.25) is 0 Å². The zero-order valence-corrected chi connectivity index (χ0v) is 10.0. The highest BCUT2D eigenvalue weighted by molar-refractivity contribution is 5.12. The Labute approximate surface area is 92.9 Å². The first-order valence-electron chi connectivity index (χ1n) is 6.25. The maximum atomic E-state index is 5.94. The third kappa shape index (κ3) is 1.35. The van der Waals surface area contributed by atoms with Gasteiger partial charge in [-0.15, -0.1) is 0 Å². The van der Waals surface area contributed by atoms with Gasteiger partial charge in [0.1, 0.15) is 5.60 Å². The monoisotopic (exact) mass is 206 g/mol. The third-order valence-corrected chi connectivity index (χ3v) is 4.91. The number of hydrogen-bond donors (Lipinski definition) is 0. The fourth-order valence-electron chi connectivity index (χ4n) is 5.65. The van der Waals surface area contributed by atoms with Crippen LogP contribution in [0, 0.1) is 16.7 Å². The van der Waals surface area contributed by atoms with Gasteiger partial charge in [-0.2, -0.15) is 0 Å². The smallest absolute Gasteiger partial charge is 0.109 e. The van der Waals surface area contributed by atoms with Crippen LogP contribution in [0.15, 0.2) is 12.8 Å². The molecule has 4 rings (SSSR count). The van der Waals surface area contributed by atoms with Crippen molar-refractivity contribution < 1.29 is 4.74 Å². The van der Waals surface area contributed by atoms with E-state index in [9.17, 15) is 0 Å². The van der Waals surface area contributed by atoms with Gasteiger partial charge in [0.15, 0.2) is 0 Å². The third-order valence-electron chi connectivity index (χ3n) is 4.91. The normalized spacial score (nSPS) is 56.8. The summed E-state index contributed by atoms with van der Waals surface area (Å²) in [6.45, 7) is 8.70. The minimum absolute atomic E-state index is 0.157. The second-order valence-electron chi connectivity index (χ2n) is 7.10. The second kappa shape index (κ2) is 2.61. The maximum Gasteiger partial charge on any atom is 0.109 e. The molecule has 4 aliphatic rings. The fourth-order valence-corrected chi connectivity index (χ4v) is 5.65. The molecule has 84 valence electrons. The molecule has 0 heterocycles. The standard InChI is InChI=1S/C14H22O/c1-4-15-14-7-11-5-12(2,9-14)8-13(3,6-11)10-14/h4,11H,1,5-10H2,2-3H3. The summed E-state index contributed by atoms with van der Waals surface area (Å²) in [7, 11) is 0. The topological polar surface area (TPSA) is 9.23 Å². The van der Waals surface area contributed by atoms with E-state index in [1.54, 1.807) is 6.26 Å². The van der Waals surface area contributed by atoms with Gasteiger partial charge in [-0.1, -0.05) is 20.4 Å². The second-order valence-corrected chi connectivity index (χ2v) is 7.10. The van der Waals surface area contributed by atoms with Gasteiger partial charge in [0, 0.05) is 0 Å². The molecule has 1 nitrogen and oxygen atoms in total. The Morgan fingerprint density at radius 1 is 1.07 bits per heavy atom. The van der Waals surface area contributed by atoms with E-state index in [0.29, 0.717) is 10.8 Å². The SMILES string of the molecule is C=COC12CC3CC(C)(CC(C)(C3)C1)C2. The Balaban J connectivity index is 1.98. The molecule has 0 aromatic heterocycles. The van der Waals surface area contributed by atoms with Gasteiger partial charge >= 0.3 is 0 Å². The molecule has 0 aromatic rings.